The van der Waals surface area contributed by atoms with Crippen LogP contribution in [-0.4, -0.2) is 31.5 Å². The fourth-order valence-corrected chi connectivity index (χ4v) is 4.59. The van der Waals surface area contributed by atoms with Gasteiger partial charge < -0.3 is 10.6 Å². The van der Waals surface area contributed by atoms with Crippen molar-refractivity contribution >= 4 is 33.3 Å². The average Bonchev–Trinajstić information content (AvgIpc) is 2.60. The maximum Gasteiger partial charge on any atom is 0.239 e. The Kier molecular flexibility index (Phi) is 5.05. The highest BCUT2D eigenvalue weighted by Crippen LogP contribution is 2.31. The molecule has 1 aliphatic heterocycles. The molecule has 1 aliphatic rings. The van der Waals surface area contributed by atoms with E-state index in [0.29, 0.717) is 17.3 Å². The highest BCUT2D eigenvalue weighted by atomic mass is 35.5. The van der Waals surface area contributed by atoms with E-state index in [4.69, 9.17) is 17.0 Å². The summed E-state index contributed by atoms with van der Waals surface area (Å²) >= 11 is 5.87. The Balaban J connectivity index is 1.86. The third-order valence-electron chi connectivity index (χ3n) is 4.57. The molecule has 1 saturated heterocycles. The van der Waals surface area contributed by atoms with E-state index in [2.05, 4.69) is 10.6 Å². The Labute approximate surface area is 162 Å². The predicted molar refractivity (Wildman–Crippen MR) is 105 cm³/mol. The number of benzene rings is 2. The van der Waals surface area contributed by atoms with Crippen LogP contribution in [0.15, 0.2) is 42.5 Å². The highest BCUT2D eigenvalue weighted by Gasteiger charge is 2.43. The summed E-state index contributed by atoms with van der Waals surface area (Å²) in [6.45, 7) is 2.08. The summed E-state index contributed by atoms with van der Waals surface area (Å²) in [4.78, 5) is 0. The molecule has 2 aromatic carbocycles. The number of sulfonamides is 1. The summed E-state index contributed by atoms with van der Waals surface area (Å²) in [6, 6.07) is 11.8. The van der Waals surface area contributed by atoms with Crippen LogP contribution in [-0.2, 0) is 22.1 Å². The molecule has 0 unspecified atom stereocenters. The number of halogens is 2. The lowest BCUT2D eigenvalue weighted by atomic mass is 9.93. The first-order chi connectivity index (χ1) is 12.6. The standard InChI is InChI=1S/C18H20ClFN4O2S/c1-18(11-27(25,26)24(2)17(21)23-18)15-9-14(7-8-16(15)20)22-10-12-3-5-13(19)6-4-12/h3-9,22H,10-11H2,1-2H3,(H2,21,23)/t18-/m0/s1. The number of nitrogens with one attached hydrogen (secondary N) is 3. The first-order valence-corrected chi connectivity index (χ1v) is 10.2. The van der Waals surface area contributed by atoms with Gasteiger partial charge in [-0.15, -0.1) is 0 Å². The van der Waals surface area contributed by atoms with E-state index in [1.54, 1.807) is 31.2 Å². The molecule has 1 atom stereocenters. The van der Waals surface area contributed by atoms with Gasteiger partial charge in [-0.05, 0) is 42.8 Å². The molecule has 1 fully saturated rings. The number of rotatable bonds is 4. The van der Waals surface area contributed by atoms with E-state index in [-0.39, 0.29) is 17.3 Å². The largest absolute Gasteiger partial charge is 0.381 e. The van der Waals surface area contributed by atoms with E-state index in [1.165, 1.54) is 13.1 Å². The number of hydrogen-bond acceptors (Lipinski definition) is 4. The number of nitrogens with zero attached hydrogens (tertiary/aromatic N) is 1. The maximum atomic E-state index is 14.5. The Morgan fingerprint density at radius 1 is 1.30 bits per heavy atom. The molecule has 0 bridgehead atoms. The van der Waals surface area contributed by atoms with Crippen molar-refractivity contribution in [3.8, 4) is 0 Å². The molecule has 27 heavy (non-hydrogen) atoms. The van der Waals surface area contributed by atoms with Crippen LogP contribution in [0.25, 0.3) is 0 Å². The lowest BCUT2D eigenvalue weighted by Crippen LogP contribution is -2.61. The van der Waals surface area contributed by atoms with Gasteiger partial charge in [0.1, 0.15) is 5.82 Å². The van der Waals surface area contributed by atoms with E-state index in [1.807, 2.05) is 12.1 Å². The quantitative estimate of drug-likeness (QED) is 0.723. The minimum absolute atomic E-state index is 0.185. The molecule has 0 aliphatic carbocycles. The molecule has 144 valence electrons. The third-order valence-corrected chi connectivity index (χ3v) is 6.78. The molecule has 6 nitrogen and oxygen atoms in total. The molecule has 2 aromatic rings. The summed E-state index contributed by atoms with van der Waals surface area (Å²) in [5.41, 5.74) is 0.584. The lowest BCUT2D eigenvalue weighted by molar-refractivity contribution is 0.403. The van der Waals surface area contributed by atoms with Crippen molar-refractivity contribution in [3.05, 3.63) is 64.4 Å². The Morgan fingerprint density at radius 3 is 2.59 bits per heavy atom. The molecule has 0 saturated carbocycles. The van der Waals surface area contributed by atoms with Crippen molar-refractivity contribution in [1.29, 1.82) is 5.41 Å². The summed E-state index contributed by atoms with van der Waals surface area (Å²) in [5.74, 6) is -1.17. The fourth-order valence-electron chi connectivity index (χ4n) is 2.99. The minimum Gasteiger partial charge on any atom is -0.381 e. The topological polar surface area (TPSA) is 85.3 Å². The van der Waals surface area contributed by atoms with Crippen LogP contribution in [0.1, 0.15) is 18.1 Å². The van der Waals surface area contributed by atoms with Gasteiger partial charge in [0.25, 0.3) is 0 Å². The number of anilines is 1. The second-order valence-corrected chi connectivity index (χ2v) is 9.14. The molecule has 0 amide bonds. The molecular formula is C18H20ClFN4O2S. The summed E-state index contributed by atoms with van der Waals surface area (Å²) in [6.07, 6.45) is 0. The van der Waals surface area contributed by atoms with Gasteiger partial charge in [-0.3, -0.25) is 5.41 Å². The maximum absolute atomic E-state index is 14.5. The van der Waals surface area contributed by atoms with Gasteiger partial charge in [0, 0.05) is 29.9 Å². The van der Waals surface area contributed by atoms with Crippen LogP contribution in [0.3, 0.4) is 0 Å². The average molecular weight is 411 g/mol. The Morgan fingerprint density at radius 2 is 1.96 bits per heavy atom. The summed E-state index contributed by atoms with van der Waals surface area (Å²) in [5, 5.41) is 14.5. The van der Waals surface area contributed by atoms with Gasteiger partial charge in [-0.2, -0.15) is 0 Å². The van der Waals surface area contributed by atoms with Gasteiger partial charge in [0.15, 0.2) is 0 Å². The van der Waals surface area contributed by atoms with E-state index < -0.39 is 21.4 Å². The molecule has 9 heteroatoms. The van der Waals surface area contributed by atoms with Crippen molar-refractivity contribution in [2.45, 2.75) is 19.0 Å². The monoisotopic (exact) mass is 410 g/mol. The fraction of sp³-hybridized carbons (Fsp3) is 0.278. The first kappa shape index (κ1) is 19.4. The van der Waals surface area contributed by atoms with Gasteiger partial charge in [0.2, 0.25) is 16.0 Å². The summed E-state index contributed by atoms with van der Waals surface area (Å²) < 4.78 is 40.0. The second kappa shape index (κ2) is 7.01. The van der Waals surface area contributed by atoms with Crippen molar-refractivity contribution in [2.75, 3.05) is 18.1 Å². The van der Waals surface area contributed by atoms with Gasteiger partial charge in [-0.25, -0.2) is 17.1 Å². The second-order valence-electron chi connectivity index (χ2n) is 6.70. The Hall–Kier alpha value is -2.32. The SMILES string of the molecule is CN1C(=N)N[C@](C)(c2cc(NCc3ccc(Cl)cc3)ccc2F)CS1(=O)=O. The Bertz CT molecular complexity index is 981. The van der Waals surface area contributed by atoms with Crippen LogP contribution in [0.5, 0.6) is 0 Å². The van der Waals surface area contributed by atoms with Crippen LogP contribution >= 0.6 is 11.6 Å². The zero-order valence-electron chi connectivity index (χ0n) is 14.9. The van der Waals surface area contributed by atoms with E-state index >= 15 is 0 Å². The molecule has 3 N–H and O–H groups in total. The minimum atomic E-state index is -3.71. The van der Waals surface area contributed by atoms with E-state index in [9.17, 15) is 12.8 Å². The van der Waals surface area contributed by atoms with Gasteiger partial charge in [-0.1, -0.05) is 23.7 Å². The zero-order valence-corrected chi connectivity index (χ0v) is 16.5. The van der Waals surface area contributed by atoms with Crippen LogP contribution < -0.4 is 10.6 Å². The molecule has 1 heterocycles. The first-order valence-electron chi connectivity index (χ1n) is 8.22. The predicted octanol–water partition coefficient (Wildman–Crippen LogP) is 3.11. The lowest BCUT2D eigenvalue weighted by Gasteiger charge is -2.40. The van der Waals surface area contributed by atoms with Gasteiger partial charge >= 0.3 is 0 Å². The van der Waals surface area contributed by atoms with Crippen LogP contribution in [0, 0.1) is 11.2 Å². The van der Waals surface area contributed by atoms with Crippen molar-refractivity contribution in [2.24, 2.45) is 0 Å². The van der Waals surface area contributed by atoms with Crippen molar-refractivity contribution in [1.82, 2.24) is 9.62 Å². The third kappa shape index (κ3) is 4.01. The van der Waals surface area contributed by atoms with Crippen LogP contribution in [0.2, 0.25) is 5.02 Å². The smallest absolute Gasteiger partial charge is 0.239 e. The zero-order chi connectivity index (χ0) is 19.8. The van der Waals surface area contributed by atoms with Gasteiger partial charge in [0.05, 0.1) is 11.3 Å². The van der Waals surface area contributed by atoms with E-state index in [0.717, 1.165) is 9.87 Å². The van der Waals surface area contributed by atoms with Crippen LogP contribution in [0.4, 0.5) is 10.1 Å². The molecule has 0 spiro atoms. The highest BCUT2D eigenvalue weighted by molar-refractivity contribution is 7.89. The summed E-state index contributed by atoms with van der Waals surface area (Å²) in [7, 11) is -2.41. The van der Waals surface area contributed by atoms with Crippen molar-refractivity contribution < 1.29 is 12.8 Å². The molecule has 0 radical (unpaired) electrons. The molecule has 0 aromatic heterocycles. The number of guanidine groups is 1. The number of hydrogen-bond donors (Lipinski definition) is 3. The molecular weight excluding hydrogens is 391 g/mol. The normalized spacial score (nSPS) is 21.6. The molecule has 3 rings (SSSR count). The van der Waals surface area contributed by atoms with Crippen molar-refractivity contribution in [3.63, 3.8) is 0 Å².